The molecule has 0 aliphatic heterocycles. The molecule has 0 bridgehead atoms. The van der Waals surface area contributed by atoms with Crippen molar-refractivity contribution in [3.63, 3.8) is 0 Å². The molecule has 2 heterocycles. The number of aryl methyl sites for hydroxylation is 1. The Bertz CT molecular complexity index is 967. The summed E-state index contributed by atoms with van der Waals surface area (Å²) in [6, 6.07) is 18.1. The van der Waals surface area contributed by atoms with Crippen LogP contribution >= 0.6 is 22.7 Å². The van der Waals surface area contributed by atoms with Crippen molar-refractivity contribution < 1.29 is 9.59 Å². The molecule has 2 amide bonds. The van der Waals surface area contributed by atoms with Gasteiger partial charge in [-0.1, -0.05) is 43.3 Å². The van der Waals surface area contributed by atoms with Gasteiger partial charge in [-0.15, -0.1) is 22.7 Å². The van der Waals surface area contributed by atoms with Crippen LogP contribution in [0, 0.1) is 6.92 Å². The molecular weight excluding hydrogens is 424 g/mol. The summed E-state index contributed by atoms with van der Waals surface area (Å²) in [5.74, 6) is -0.00786. The highest BCUT2D eigenvalue weighted by molar-refractivity contribution is 7.11. The first kappa shape index (κ1) is 23.2. The summed E-state index contributed by atoms with van der Waals surface area (Å²) in [6.07, 6.45) is 1.16. The summed E-state index contributed by atoms with van der Waals surface area (Å²) >= 11 is 3.29. The van der Waals surface area contributed by atoms with Crippen molar-refractivity contribution in [3.05, 3.63) is 80.2 Å². The molecule has 2 aromatic heterocycles. The van der Waals surface area contributed by atoms with Crippen molar-refractivity contribution in [3.8, 4) is 0 Å². The van der Waals surface area contributed by atoms with Gasteiger partial charge in [-0.25, -0.2) is 0 Å². The summed E-state index contributed by atoms with van der Waals surface area (Å²) in [4.78, 5) is 33.5. The molecule has 1 unspecified atom stereocenters. The van der Waals surface area contributed by atoms with Gasteiger partial charge in [0.2, 0.25) is 11.8 Å². The first-order chi connectivity index (χ1) is 15.0. The highest BCUT2D eigenvalue weighted by Crippen LogP contribution is 2.20. The van der Waals surface area contributed by atoms with Crippen molar-refractivity contribution in [2.24, 2.45) is 0 Å². The number of rotatable bonds is 10. The van der Waals surface area contributed by atoms with Crippen LogP contribution in [0.3, 0.4) is 0 Å². The summed E-state index contributed by atoms with van der Waals surface area (Å²) in [5, 5.41) is 1.98. The van der Waals surface area contributed by atoms with Gasteiger partial charge in [0.05, 0.1) is 13.0 Å². The van der Waals surface area contributed by atoms with Crippen LogP contribution < -0.4 is 0 Å². The minimum Gasteiger partial charge on any atom is -0.332 e. The van der Waals surface area contributed by atoms with E-state index in [9.17, 15) is 9.59 Å². The predicted molar refractivity (Wildman–Crippen MR) is 129 cm³/mol. The Hall–Kier alpha value is -2.44. The fraction of sp³-hybridized carbons (Fsp3) is 0.360. The highest BCUT2D eigenvalue weighted by atomic mass is 32.1. The van der Waals surface area contributed by atoms with Crippen molar-refractivity contribution >= 4 is 34.5 Å². The summed E-state index contributed by atoms with van der Waals surface area (Å²) in [5.41, 5.74) is 1.09. The molecule has 3 aromatic rings. The molecule has 6 heteroatoms. The number of benzene rings is 1. The lowest BCUT2D eigenvalue weighted by Crippen LogP contribution is -2.46. The molecule has 1 aromatic carbocycles. The number of thiophene rings is 2. The topological polar surface area (TPSA) is 40.6 Å². The molecule has 0 aliphatic rings. The van der Waals surface area contributed by atoms with Crippen LogP contribution in [0.5, 0.6) is 0 Å². The van der Waals surface area contributed by atoms with E-state index < -0.39 is 0 Å². The van der Waals surface area contributed by atoms with Crippen LogP contribution in [0.2, 0.25) is 0 Å². The summed E-state index contributed by atoms with van der Waals surface area (Å²) < 4.78 is 0. The van der Waals surface area contributed by atoms with Gasteiger partial charge in [-0.2, -0.15) is 0 Å². The number of nitrogens with zero attached hydrogens (tertiary/aromatic N) is 2. The first-order valence-electron chi connectivity index (χ1n) is 10.6. The standard InChI is InChI=1S/C25H30N2O2S2/c1-4-19(2)27(24(28)15-22-11-8-14-30-22)18-25(29)26(16-21-9-6-5-7-10-21)17-23-13-12-20(3)31-23/h5-14,19H,4,15-18H2,1-3H3. The SMILES string of the molecule is CCC(C)N(CC(=O)N(Cc1ccccc1)Cc1ccc(C)s1)C(=O)Cc1cccs1. The molecule has 0 fully saturated rings. The van der Waals surface area contributed by atoms with Crippen LogP contribution in [-0.2, 0) is 29.1 Å². The van der Waals surface area contributed by atoms with Crippen LogP contribution in [-0.4, -0.2) is 34.2 Å². The monoisotopic (exact) mass is 454 g/mol. The van der Waals surface area contributed by atoms with Crippen LogP contribution in [0.4, 0.5) is 0 Å². The summed E-state index contributed by atoms with van der Waals surface area (Å²) in [6.45, 7) is 7.34. The maximum atomic E-state index is 13.4. The zero-order valence-electron chi connectivity index (χ0n) is 18.4. The zero-order valence-corrected chi connectivity index (χ0v) is 20.0. The molecule has 0 saturated heterocycles. The van der Waals surface area contributed by atoms with E-state index in [1.54, 1.807) is 27.6 Å². The lowest BCUT2D eigenvalue weighted by Gasteiger charge is -2.31. The minimum absolute atomic E-state index is 0.0109. The highest BCUT2D eigenvalue weighted by Gasteiger charge is 2.25. The van der Waals surface area contributed by atoms with E-state index in [1.807, 2.05) is 59.7 Å². The van der Waals surface area contributed by atoms with E-state index in [0.29, 0.717) is 19.5 Å². The molecule has 0 radical (unpaired) electrons. The fourth-order valence-corrected chi connectivity index (χ4v) is 5.02. The zero-order chi connectivity index (χ0) is 22.2. The van der Waals surface area contributed by atoms with Gasteiger partial charge in [-0.3, -0.25) is 9.59 Å². The molecule has 1 atom stereocenters. The Balaban J connectivity index is 1.77. The van der Waals surface area contributed by atoms with Gasteiger partial charge in [0.1, 0.15) is 6.54 Å². The number of hydrogen-bond donors (Lipinski definition) is 0. The van der Waals surface area contributed by atoms with Crippen molar-refractivity contribution in [2.45, 2.75) is 52.7 Å². The van der Waals surface area contributed by atoms with Gasteiger partial charge in [-0.05, 0) is 49.4 Å². The van der Waals surface area contributed by atoms with E-state index in [0.717, 1.165) is 21.7 Å². The first-order valence-corrected chi connectivity index (χ1v) is 12.3. The number of amides is 2. The predicted octanol–water partition coefficient (Wildman–Crippen LogP) is 5.52. The molecule has 164 valence electrons. The van der Waals surface area contributed by atoms with Crippen molar-refractivity contribution in [1.82, 2.24) is 9.80 Å². The molecule has 3 rings (SSSR count). The quantitative estimate of drug-likeness (QED) is 0.405. The average Bonchev–Trinajstić information content (AvgIpc) is 3.43. The van der Waals surface area contributed by atoms with Gasteiger partial charge in [0.15, 0.2) is 0 Å². The smallest absolute Gasteiger partial charge is 0.242 e. The average molecular weight is 455 g/mol. The van der Waals surface area contributed by atoms with Gasteiger partial charge < -0.3 is 9.80 Å². The third-order valence-corrected chi connectivity index (χ3v) is 7.23. The van der Waals surface area contributed by atoms with Gasteiger partial charge in [0.25, 0.3) is 0 Å². The number of carbonyl (C=O) groups excluding carboxylic acids is 2. The third kappa shape index (κ3) is 6.77. The molecule has 0 N–H and O–H groups in total. The Morgan fingerprint density at radius 3 is 2.32 bits per heavy atom. The second kappa shape index (κ2) is 11.3. The molecule has 0 saturated carbocycles. The minimum atomic E-state index is -0.0188. The Morgan fingerprint density at radius 2 is 1.71 bits per heavy atom. The maximum Gasteiger partial charge on any atom is 0.242 e. The van der Waals surface area contributed by atoms with Crippen LogP contribution in [0.1, 0.15) is 40.5 Å². The van der Waals surface area contributed by atoms with E-state index >= 15 is 0 Å². The fourth-order valence-electron chi connectivity index (χ4n) is 3.41. The molecular formula is C25H30N2O2S2. The van der Waals surface area contributed by atoms with Crippen LogP contribution in [0.15, 0.2) is 60.0 Å². The lowest BCUT2D eigenvalue weighted by atomic mass is 10.1. The Kier molecular flexibility index (Phi) is 8.43. The normalized spacial score (nSPS) is 11.8. The number of hydrogen-bond acceptors (Lipinski definition) is 4. The van der Waals surface area contributed by atoms with E-state index in [1.165, 1.54) is 4.88 Å². The van der Waals surface area contributed by atoms with Crippen molar-refractivity contribution in [1.29, 1.82) is 0 Å². The number of carbonyl (C=O) groups is 2. The lowest BCUT2D eigenvalue weighted by molar-refractivity contribution is -0.142. The third-order valence-electron chi connectivity index (χ3n) is 5.37. The maximum absolute atomic E-state index is 13.4. The second-order valence-corrected chi connectivity index (χ2v) is 10.2. The van der Waals surface area contributed by atoms with Gasteiger partial charge in [0, 0.05) is 27.2 Å². The van der Waals surface area contributed by atoms with Crippen LogP contribution in [0.25, 0.3) is 0 Å². The van der Waals surface area contributed by atoms with Crippen molar-refractivity contribution in [2.75, 3.05) is 6.54 Å². The molecule has 0 aliphatic carbocycles. The largest absolute Gasteiger partial charge is 0.332 e. The van der Waals surface area contributed by atoms with E-state index in [2.05, 4.69) is 26.0 Å². The summed E-state index contributed by atoms with van der Waals surface area (Å²) in [7, 11) is 0. The molecule has 0 spiro atoms. The van der Waals surface area contributed by atoms with E-state index in [4.69, 9.17) is 0 Å². The molecule has 31 heavy (non-hydrogen) atoms. The van der Waals surface area contributed by atoms with Gasteiger partial charge >= 0.3 is 0 Å². The molecule has 4 nitrogen and oxygen atoms in total. The Labute approximate surface area is 193 Å². The second-order valence-electron chi connectivity index (χ2n) is 7.78. The van der Waals surface area contributed by atoms with E-state index in [-0.39, 0.29) is 24.4 Å². The Morgan fingerprint density at radius 1 is 0.935 bits per heavy atom.